The molecule has 0 bridgehead atoms. The molecule has 0 aliphatic rings. The van der Waals surface area contributed by atoms with Crippen LogP contribution in [-0.2, 0) is 9.84 Å². The first kappa shape index (κ1) is 10.6. The maximum atomic E-state index is 11.1. The van der Waals surface area contributed by atoms with E-state index in [2.05, 4.69) is 4.98 Å². The number of primary amides is 1. The lowest BCUT2D eigenvalue weighted by atomic mass is 10.2. The molecule has 5 nitrogen and oxygen atoms in total. The Morgan fingerprint density at radius 1 is 1.50 bits per heavy atom. The van der Waals surface area contributed by atoms with Gasteiger partial charge in [0.2, 0.25) is 0 Å². The number of carbonyl (C=O) groups excluding carboxylic acids is 1. The van der Waals surface area contributed by atoms with Crippen LogP contribution >= 0.6 is 0 Å². The van der Waals surface area contributed by atoms with Crippen LogP contribution in [0.1, 0.15) is 16.1 Å². The third kappa shape index (κ3) is 2.08. The summed E-state index contributed by atoms with van der Waals surface area (Å²) in [6, 6.07) is 1.24. The van der Waals surface area contributed by atoms with Crippen molar-refractivity contribution >= 4 is 15.7 Å². The highest BCUT2D eigenvalue weighted by Gasteiger charge is 2.12. The lowest BCUT2D eigenvalue weighted by Gasteiger charge is -2.02. The summed E-state index contributed by atoms with van der Waals surface area (Å²) in [4.78, 5) is 14.7. The van der Waals surface area contributed by atoms with E-state index in [4.69, 9.17) is 5.73 Å². The quantitative estimate of drug-likeness (QED) is 0.743. The molecule has 1 aromatic rings. The second-order valence-electron chi connectivity index (χ2n) is 2.94. The van der Waals surface area contributed by atoms with Crippen LogP contribution in [0.25, 0.3) is 0 Å². The Bertz CT molecular complexity index is 479. The Labute approximate surface area is 81.9 Å². The number of sulfone groups is 1. The molecule has 6 heteroatoms. The van der Waals surface area contributed by atoms with Crippen molar-refractivity contribution in [1.29, 1.82) is 0 Å². The fraction of sp³-hybridized carbons (Fsp3) is 0.250. The number of aromatic nitrogens is 1. The predicted molar refractivity (Wildman–Crippen MR) is 50.6 cm³/mol. The number of hydrogen-bond donors (Lipinski definition) is 1. The minimum Gasteiger partial charge on any atom is -0.366 e. The molecule has 0 saturated carbocycles. The minimum absolute atomic E-state index is 0.00287. The summed E-state index contributed by atoms with van der Waals surface area (Å²) in [6.45, 7) is 1.59. The molecular weight excluding hydrogens is 204 g/mol. The second kappa shape index (κ2) is 3.38. The van der Waals surface area contributed by atoms with Crippen LogP contribution in [0.2, 0.25) is 0 Å². The lowest BCUT2D eigenvalue weighted by Crippen LogP contribution is -2.14. The van der Waals surface area contributed by atoms with Gasteiger partial charge in [-0.1, -0.05) is 0 Å². The molecule has 0 unspecified atom stereocenters. The Morgan fingerprint density at radius 3 is 2.50 bits per heavy atom. The number of aryl methyl sites for hydroxylation is 1. The van der Waals surface area contributed by atoms with Gasteiger partial charge in [0.05, 0.1) is 16.2 Å². The maximum absolute atomic E-state index is 11.1. The lowest BCUT2D eigenvalue weighted by molar-refractivity contribution is 0.0999. The molecule has 2 N–H and O–H groups in total. The van der Waals surface area contributed by atoms with Gasteiger partial charge in [0.15, 0.2) is 9.84 Å². The average Bonchev–Trinajstić information content (AvgIpc) is 2.02. The van der Waals surface area contributed by atoms with Gasteiger partial charge in [-0.2, -0.15) is 0 Å². The summed E-state index contributed by atoms with van der Waals surface area (Å²) in [6.07, 6.45) is 2.25. The van der Waals surface area contributed by atoms with Crippen LogP contribution in [0.4, 0.5) is 0 Å². The van der Waals surface area contributed by atoms with Crippen molar-refractivity contribution in [2.45, 2.75) is 11.8 Å². The van der Waals surface area contributed by atoms with E-state index in [0.717, 1.165) is 6.26 Å². The molecule has 0 aromatic carbocycles. The third-order valence-electron chi connectivity index (χ3n) is 1.76. The molecule has 0 aliphatic carbocycles. The van der Waals surface area contributed by atoms with Gasteiger partial charge in [0.1, 0.15) is 0 Å². The van der Waals surface area contributed by atoms with E-state index in [9.17, 15) is 13.2 Å². The molecule has 0 aliphatic heterocycles. The van der Waals surface area contributed by atoms with Gasteiger partial charge in [-0.25, -0.2) is 8.42 Å². The van der Waals surface area contributed by atoms with Gasteiger partial charge < -0.3 is 5.73 Å². The van der Waals surface area contributed by atoms with Crippen molar-refractivity contribution in [3.05, 3.63) is 23.5 Å². The first-order chi connectivity index (χ1) is 6.32. The van der Waals surface area contributed by atoms with Gasteiger partial charge in [0, 0.05) is 12.5 Å². The zero-order chi connectivity index (χ0) is 10.9. The first-order valence-corrected chi connectivity index (χ1v) is 5.68. The van der Waals surface area contributed by atoms with Crippen molar-refractivity contribution in [2.24, 2.45) is 5.73 Å². The molecule has 0 spiro atoms. The van der Waals surface area contributed by atoms with Crippen LogP contribution in [0, 0.1) is 6.92 Å². The van der Waals surface area contributed by atoms with Gasteiger partial charge in [-0.15, -0.1) is 0 Å². The molecule has 0 fully saturated rings. The highest BCUT2D eigenvalue weighted by atomic mass is 32.2. The van der Waals surface area contributed by atoms with E-state index in [1.807, 2.05) is 0 Å². The van der Waals surface area contributed by atoms with Crippen molar-refractivity contribution < 1.29 is 13.2 Å². The summed E-state index contributed by atoms with van der Waals surface area (Å²) < 4.78 is 22.3. The first-order valence-electron chi connectivity index (χ1n) is 3.79. The molecule has 0 saturated heterocycles. The molecule has 0 atom stereocenters. The Balaban J connectivity index is 3.42. The minimum atomic E-state index is -3.35. The number of nitrogens with two attached hydrogens (primary N) is 1. The summed E-state index contributed by atoms with van der Waals surface area (Å²) >= 11 is 0. The molecule has 76 valence electrons. The van der Waals surface area contributed by atoms with Gasteiger partial charge in [-0.3, -0.25) is 9.78 Å². The second-order valence-corrected chi connectivity index (χ2v) is 4.96. The monoisotopic (exact) mass is 214 g/mol. The van der Waals surface area contributed by atoms with Crippen molar-refractivity contribution in [2.75, 3.05) is 6.26 Å². The highest BCUT2D eigenvalue weighted by Crippen LogP contribution is 2.12. The largest absolute Gasteiger partial charge is 0.366 e. The molecule has 0 radical (unpaired) electrons. The van der Waals surface area contributed by atoms with E-state index in [1.165, 1.54) is 12.3 Å². The number of amides is 1. The Morgan fingerprint density at radius 2 is 2.07 bits per heavy atom. The topological polar surface area (TPSA) is 90.1 Å². The Kier molecular flexibility index (Phi) is 2.57. The normalized spacial score (nSPS) is 11.3. The van der Waals surface area contributed by atoms with Crippen LogP contribution in [0.15, 0.2) is 17.2 Å². The number of pyridine rings is 1. The van der Waals surface area contributed by atoms with E-state index in [0.29, 0.717) is 5.69 Å². The maximum Gasteiger partial charge on any atom is 0.250 e. The SMILES string of the molecule is Cc1ncc(S(C)(=O)=O)cc1C(N)=O. The van der Waals surface area contributed by atoms with Crippen LogP contribution < -0.4 is 5.73 Å². The molecule has 1 aromatic heterocycles. The average molecular weight is 214 g/mol. The fourth-order valence-electron chi connectivity index (χ4n) is 0.966. The summed E-state index contributed by atoms with van der Waals surface area (Å²) in [7, 11) is -3.35. The number of nitrogens with zero attached hydrogens (tertiary/aromatic N) is 1. The fourth-order valence-corrected chi connectivity index (χ4v) is 1.54. The van der Waals surface area contributed by atoms with Crippen molar-refractivity contribution in [3.63, 3.8) is 0 Å². The van der Waals surface area contributed by atoms with E-state index >= 15 is 0 Å². The number of hydrogen-bond acceptors (Lipinski definition) is 4. The van der Waals surface area contributed by atoms with Crippen LogP contribution in [0.3, 0.4) is 0 Å². The highest BCUT2D eigenvalue weighted by molar-refractivity contribution is 7.90. The predicted octanol–water partition coefficient (Wildman–Crippen LogP) is -0.108. The van der Waals surface area contributed by atoms with Crippen LogP contribution in [0.5, 0.6) is 0 Å². The number of rotatable bonds is 2. The molecule has 1 rings (SSSR count). The molecular formula is C8H10N2O3S. The molecule has 1 amide bonds. The molecule has 1 heterocycles. The van der Waals surface area contributed by atoms with Crippen molar-refractivity contribution in [3.8, 4) is 0 Å². The van der Waals surface area contributed by atoms with E-state index in [-0.39, 0.29) is 10.5 Å². The number of carbonyl (C=O) groups is 1. The zero-order valence-electron chi connectivity index (χ0n) is 7.81. The standard InChI is InChI=1S/C8H10N2O3S/c1-5-7(8(9)11)3-6(4-10-5)14(2,12)13/h3-4H,1-2H3,(H2,9,11). The third-order valence-corrected chi connectivity index (χ3v) is 2.84. The summed E-state index contributed by atoms with van der Waals surface area (Å²) in [5.74, 6) is -0.680. The summed E-state index contributed by atoms with van der Waals surface area (Å²) in [5, 5.41) is 0. The van der Waals surface area contributed by atoms with E-state index < -0.39 is 15.7 Å². The Hall–Kier alpha value is -1.43. The van der Waals surface area contributed by atoms with Crippen molar-refractivity contribution in [1.82, 2.24) is 4.98 Å². The molecule has 14 heavy (non-hydrogen) atoms. The zero-order valence-corrected chi connectivity index (χ0v) is 8.63. The van der Waals surface area contributed by atoms with Gasteiger partial charge in [-0.05, 0) is 13.0 Å². The van der Waals surface area contributed by atoms with Gasteiger partial charge >= 0.3 is 0 Å². The summed E-state index contributed by atoms with van der Waals surface area (Å²) in [5.41, 5.74) is 5.61. The van der Waals surface area contributed by atoms with Gasteiger partial charge in [0.25, 0.3) is 5.91 Å². The smallest absolute Gasteiger partial charge is 0.250 e. The van der Waals surface area contributed by atoms with E-state index in [1.54, 1.807) is 6.92 Å². The van der Waals surface area contributed by atoms with Crippen LogP contribution in [-0.4, -0.2) is 25.6 Å².